The molecule has 1 aliphatic carbocycles. The third-order valence-corrected chi connectivity index (χ3v) is 5.30. The predicted molar refractivity (Wildman–Crippen MR) is 109 cm³/mol. The number of aliphatic hydroxyl groups excluding tert-OH is 1. The van der Waals surface area contributed by atoms with Crippen molar-refractivity contribution in [1.82, 2.24) is 5.32 Å². The quantitative estimate of drug-likeness (QED) is 0.634. The molecule has 3 aromatic rings. The van der Waals surface area contributed by atoms with Crippen LogP contribution in [0, 0.1) is 11.6 Å². The summed E-state index contributed by atoms with van der Waals surface area (Å²) in [7, 11) is 0. The first-order valence-corrected chi connectivity index (χ1v) is 9.74. The second-order valence-electron chi connectivity index (χ2n) is 7.30. The second kappa shape index (κ2) is 8.63. The first-order chi connectivity index (χ1) is 14.5. The molecule has 1 amide bonds. The van der Waals surface area contributed by atoms with E-state index in [0.29, 0.717) is 0 Å². The maximum absolute atomic E-state index is 13.7. The van der Waals surface area contributed by atoms with Crippen LogP contribution in [0.15, 0.2) is 66.7 Å². The zero-order chi connectivity index (χ0) is 21.1. The van der Waals surface area contributed by atoms with Crippen molar-refractivity contribution >= 4 is 6.09 Å². The molecule has 0 aromatic heterocycles. The Kier molecular flexibility index (Phi) is 5.77. The van der Waals surface area contributed by atoms with Crippen LogP contribution >= 0.6 is 0 Å². The summed E-state index contributed by atoms with van der Waals surface area (Å²) in [6.45, 7) is 0.0655. The summed E-state index contributed by atoms with van der Waals surface area (Å²) in [6.07, 6.45) is -1.73. The molecule has 0 saturated heterocycles. The Balaban J connectivity index is 1.32. The van der Waals surface area contributed by atoms with Crippen molar-refractivity contribution in [2.24, 2.45) is 0 Å². The van der Waals surface area contributed by atoms with Crippen LogP contribution in [0.25, 0.3) is 11.1 Å². The molecule has 154 valence electrons. The normalized spacial score (nSPS) is 13.4. The highest BCUT2D eigenvalue weighted by Crippen LogP contribution is 2.44. The van der Waals surface area contributed by atoms with Crippen LogP contribution in [0.4, 0.5) is 13.6 Å². The van der Waals surface area contributed by atoms with Crippen LogP contribution in [-0.2, 0) is 11.2 Å². The summed E-state index contributed by atoms with van der Waals surface area (Å²) in [6, 6.07) is 19.2. The van der Waals surface area contributed by atoms with Crippen molar-refractivity contribution in [2.75, 3.05) is 13.2 Å². The van der Waals surface area contributed by atoms with Gasteiger partial charge in [-0.05, 0) is 33.9 Å². The van der Waals surface area contributed by atoms with E-state index in [0.717, 1.165) is 34.4 Å². The molecular formula is C24H21F2NO3. The molecule has 3 aromatic carbocycles. The Bertz CT molecular complexity index is 1020. The Labute approximate surface area is 173 Å². The van der Waals surface area contributed by atoms with Gasteiger partial charge in [-0.1, -0.05) is 54.6 Å². The lowest BCUT2D eigenvalue weighted by Crippen LogP contribution is -2.34. The van der Waals surface area contributed by atoms with Crippen LogP contribution in [0.3, 0.4) is 0 Å². The Morgan fingerprint density at radius 1 is 1.00 bits per heavy atom. The minimum Gasteiger partial charge on any atom is -0.449 e. The van der Waals surface area contributed by atoms with E-state index >= 15 is 0 Å². The zero-order valence-corrected chi connectivity index (χ0v) is 16.1. The first-order valence-electron chi connectivity index (χ1n) is 9.74. The number of aliphatic hydroxyl groups is 1. The molecule has 0 heterocycles. The molecule has 4 nitrogen and oxygen atoms in total. The molecule has 1 aliphatic rings. The van der Waals surface area contributed by atoms with E-state index in [9.17, 15) is 18.7 Å². The van der Waals surface area contributed by atoms with Crippen molar-refractivity contribution in [2.45, 2.75) is 18.4 Å². The van der Waals surface area contributed by atoms with Crippen molar-refractivity contribution in [3.8, 4) is 11.1 Å². The number of carbonyl (C=O) groups excluding carboxylic acids is 1. The number of hydrogen-bond donors (Lipinski definition) is 2. The number of halogens is 2. The average Bonchev–Trinajstić information content (AvgIpc) is 3.07. The highest BCUT2D eigenvalue weighted by atomic mass is 19.1. The van der Waals surface area contributed by atoms with E-state index in [-0.39, 0.29) is 31.1 Å². The fraction of sp³-hybridized carbons (Fsp3) is 0.208. The molecule has 0 spiro atoms. The van der Waals surface area contributed by atoms with Crippen molar-refractivity contribution in [3.05, 3.63) is 95.1 Å². The molecule has 1 unspecified atom stereocenters. The second-order valence-corrected chi connectivity index (χ2v) is 7.30. The minimum atomic E-state index is -1.02. The van der Waals surface area contributed by atoms with Crippen LogP contribution < -0.4 is 5.32 Å². The molecular weight excluding hydrogens is 388 g/mol. The fourth-order valence-electron chi connectivity index (χ4n) is 3.86. The molecule has 6 heteroatoms. The van der Waals surface area contributed by atoms with Gasteiger partial charge in [-0.15, -0.1) is 0 Å². The number of carbonyl (C=O) groups is 1. The van der Waals surface area contributed by atoms with Gasteiger partial charge in [0.25, 0.3) is 0 Å². The van der Waals surface area contributed by atoms with Gasteiger partial charge in [-0.3, -0.25) is 0 Å². The summed E-state index contributed by atoms with van der Waals surface area (Å²) in [5.74, 6) is -1.46. The summed E-state index contributed by atoms with van der Waals surface area (Å²) in [5, 5.41) is 12.6. The highest BCUT2D eigenvalue weighted by Gasteiger charge is 2.29. The number of amides is 1. The number of benzene rings is 3. The topological polar surface area (TPSA) is 58.6 Å². The van der Waals surface area contributed by atoms with Gasteiger partial charge in [0.1, 0.15) is 18.2 Å². The van der Waals surface area contributed by atoms with Gasteiger partial charge in [0.05, 0.1) is 6.10 Å². The third kappa shape index (κ3) is 4.19. The van der Waals surface area contributed by atoms with Gasteiger partial charge in [-0.25, -0.2) is 13.6 Å². The zero-order valence-electron chi connectivity index (χ0n) is 16.1. The molecule has 0 bridgehead atoms. The first kappa shape index (κ1) is 20.0. The predicted octanol–water partition coefficient (Wildman–Crippen LogP) is 4.41. The van der Waals surface area contributed by atoms with Crippen LogP contribution in [0.1, 0.15) is 22.6 Å². The minimum absolute atomic E-state index is 0.0459. The van der Waals surface area contributed by atoms with Crippen molar-refractivity contribution in [3.63, 3.8) is 0 Å². The van der Waals surface area contributed by atoms with Gasteiger partial charge in [0.2, 0.25) is 0 Å². The average molecular weight is 409 g/mol. The number of nitrogens with one attached hydrogen (secondary N) is 1. The SMILES string of the molecule is O=C(NCC(O)Cc1ccc(F)cc1F)OCC1c2ccccc2-c2ccccc21. The number of alkyl carbamates (subject to hydrolysis) is 1. The lowest BCUT2D eigenvalue weighted by Gasteiger charge is -2.16. The maximum Gasteiger partial charge on any atom is 0.407 e. The van der Waals surface area contributed by atoms with E-state index in [4.69, 9.17) is 4.74 Å². The monoisotopic (exact) mass is 409 g/mol. The summed E-state index contributed by atoms with van der Waals surface area (Å²) in [4.78, 5) is 12.1. The summed E-state index contributed by atoms with van der Waals surface area (Å²) < 4.78 is 32.0. The lowest BCUT2D eigenvalue weighted by molar-refractivity contribution is 0.128. The summed E-state index contributed by atoms with van der Waals surface area (Å²) in [5.41, 5.74) is 4.67. The Morgan fingerprint density at radius 2 is 1.63 bits per heavy atom. The van der Waals surface area contributed by atoms with Crippen LogP contribution in [-0.4, -0.2) is 30.5 Å². The number of fused-ring (bicyclic) bond motifs is 3. The molecule has 0 fully saturated rings. The van der Waals surface area contributed by atoms with E-state index in [2.05, 4.69) is 17.4 Å². The Hall–Kier alpha value is -3.25. The van der Waals surface area contributed by atoms with E-state index in [1.807, 2.05) is 36.4 Å². The van der Waals surface area contributed by atoms with Gasteiger partial charge in [0.15, 0.2) is 0 Å². The number of ether oxygens (including phenoxy) is 1. The molecule has 0 radical (unpaired) electrons. The highest BCUT2D eigenvalue weighted by molar-refractivity contribution is 5.79. The van der Waals surface area contributed by atoms with E-state index in [1.54, 1.807) is 0 Å². The molecule has 0 saturated carbocycles. The standard InChI is InChI=1S/C24H21F2NO3/c25-16-10-9-15(23(26)12-16)11-17(28)13-27-24(29)30-14-22-20-7-3-1-5-18(20)19-6-2-4-8-21(19)22/h1-10,12,17,22,28H,11,13-14H2,(H,27,29). The van der Waals surface area contributed by atoms with Crippen molar-refractivity contribution in [1.29, 1.82) is 0 Å². The van der Waals surface area contributed by atoms with Crippen molar-refractivity contribution < 1.29 is 23.4 Å². The van der Waals surface area contributed by atoms with Gasteiger partial charge in [-0.2, -0.15) is 0 Å². The molecule has 2 N–H and O–H groups in total. The molecule has 30 heavy (non-hydrogen) atoms. The Morgan fingerprint density at radius 3 is 2.27 bits per heavy atom. The van der Waals surface area contributed by atoms with Gasteiger partial charge in [0, 0.05) is 24.9 Å². The van der Waals surface area contributed by atoms with Crippen LogP contribution in [0.2, 0.25) is 0 Å². The largest absolute Gasteiger partial charge is 0.449 e. The maximum atomic E-state index is 13.7. The fourth-order valence-corrected chi connectivity index (χ4v) is 3.86. The van der Waals surface area contributed by atoms with E-state index in [1.165, 1.54) is 6.07 Å². The van der Waals surface area contributed by atoms with Gasteiger partial charge >= 0.3 is 6.09 Å². The number of rotatable bonds is 6. The smallest absolute Gasteiger partial charge is 0.407 e. The van der Waals surface area contributed by atoms with Crippen LogP contribution in [0.5, 0.6) is 0 Å². The number of hydrogen-bond acceptors (Lipinski definition) is 3. The molecule has 1 atom stereocenters. The third-order valence-electron chi connectivity index (χ3n) is 5.30. The molecule has 4 rings (SSSR count). The molecule has 0 aliphatic heterocycles. The summed E-state index contributed by atoms with van der Waals surface area (Å²) >= 11 is 0. The van der Waals surface area contributed by atoms with E-state index < -0.39 is 23.8 Å². The lowest BCUT2D eigenvalue weighted by atomic mass is 9.98. The van der Waals surface area contributed by atoms with Gasteiger partial charge < -0.3 is 15.2 Å².